The predicted molar refractivity (Wildman–Crippen MR) is 119 cm³/mol. The van der Waals surface area contributed by atoms with Crippen LogP contribution in [0.2, 0.25) is 0 Å². The van der Waals surface area contributed by atoms with Crippen molar-refractivity contribution in [3.05, 3.63) is 71.8 Å². The number of nitrogens with one attached hydrogen (secondary N) is 1. The maximum Gasteiger partial charge on any atom is 0.181 e. The van der Waals surface area contributed by atoms with Crippen molar-refractivity contribution in [2.75, 3.05) is 13.1 Å². The van der Waals surface area contributed by atoms with E-state index >= 15 is 0 Å². The van der Waals surface area contributed by atoms with Gasteiger partial charge in [-0.25, -0.2) is 0 Å². The van der Waals surface area contributed by atoms with Crippen molar-refractivity contribution in [3.8, 4) is 0 Å². The van der Waals surface area contributed by atoms with E-state index in [9.17, 15) is 4.79 Å². The molecule has 2 aromatic carbocycles. The van der Waals surface area contributed by atoms with Crippen LogP contribution in [-0.4, -0.2) is 35.9 Å². The molecule has 0 radical (unpaired) electrons. The van der Waals surface area contributed by atoms with E-state index in [1.165, 1.54) is 56.9 Å². The molecule has 3 nitrogen and oxygen atoms in total. The third-order valence-corrected chi connectivity index (χ3v) is 6.61. The van der Waals surface area contributed by atoms with Crippen LogP contribution in [0.3, 0.4) is 0 Å². The van der Waals surface area contributed by atoms with E-state index in [0.717, 1.165) is 18.7 Å². The molecular weight excluding hydrogens is 356 g/mol. The topological polar surface area (TPSA) is 32.3 Å². The number of rotatable bonds is 7. The highest BCUT2D eigenvalue weighted by Gasteiger charge is 2.37. The van der Waals surface area contributed by atoms with Crippen LogP contribution in [0, 0.1) is 0 Å². The average molecular weight is 391 g/mol. The number of piperidine rings is 1. The lowest BCUT2D eigenvalue weighted by molar-refractivity contribution is 0.0691. The first-order valence-corrected chi connectivity index (χ1v) is 11.5. The number of benzene rings is 2. The quantitative estimate of drug-likeness (QED) is 0.644. The lowest BCUT2D eigenvalue weighted by atomic mass is 9.87. The SMILES string of the molecule is O=C(c1ccccc1)C(C(NC1CCCCC1)c1ccccc1)N1CCCCC1. The van der Waals surface area contributed by atoms with Crippen molar-refractivity contribution in [2.24, 2.45) is 0 Å². The summed E-state index contributed by atoms with van der Waals surface area (Å²) in [4.78, 5) is 16.3. The molecule has 3 heteroatoms. The second-order valence-corrected chi connectivity index (χ2v) is 8.66. The molecular formula is C26H34N2O. The van der Waals surface area contributed by atoms with Crippen molar-refractivity contribution in [1.29, 1.82) is 0 Å². The summed E-state index contributed by atoms with van der Waals surface area (Å²) in [6.45, 7) is 2.03. The Balaban J connectivity index is 1.69. The number of ketones is 1. The second-order valence-electron chi connectivity index (χ2n) is 8.66. The summed E-state index contributed by atoms with van der Waals surface area (Å²) in [7, 11) is 0. The number of hydrogen-bond donors (Lipinski definition) is 1. The van der Waals surface area contributed by atoms with E-state index < -0.39 is 0 Å². The molecule has 1 saturated heterocycles. The minimum absolute atomic E-state index is 0.0325. The fourth-order valence-electron chi connectivity index (χ4n) is 5.05. The van der Waals surface area contributed by atoms with E-state index in [1.54, 1.807) is 0 Å². The van der Waals surface area contributed by atoms with Gasteiger partial charge < -0.3 is 5.32 Å². The number of likely N-dealkylation sites (tertiary alicyclic amines) is 1. The lowest BCUT2D eigenvalue weighted by Gasteiger charge is -2.41. The minimum atomic E-state index is -0.151. The van der Waals surface area contributed by atoms with Crippen LogP contribution in [0.25, 0.3) is 0 Å². The van der Waals surface area contributed by atoms with Crippen LogP contribution >= 0.6 is 0 Å². The Morgan fingerprint density at radius 1 is 0.793 bits per heavy atom. The third-order valence-electron chi connectivity index (χ3n) is 6.61. The fourth-order valence-corrected chi connectivity index (χ4v) is 5.05. The monoisotopic (exact) mass is 390 g/mol. The number of Topliss-reactive ketones (excluding diaryl/α,β-unsaturated/α-hetero) is 1. The third kappa shape index (κ3) is 5.15. The molecule has 0 spiro atoms. The van der Waals surface area contributed by atoms with Gasteiger partial charge in [0, 0.05) is 11.6 Å². The highest BCUT2D eigenvalue weighted by molar-refractivity contribution is 6.00. The molecule has 2 atom stereocenters. The first-order chi connectivity index (χ1) is 14.3. The van der Waals surface area contributed by atoms with Gasteiger partial charge in [-0.05, 0) is 44.3 Å². The highest BCUT2D eigenvalue weighted by Crippen LogP contribution is 2.30. The summed E-state index contributed by atoms with van der Waals surface area (Å²) >= 11 is 0. The smallest absolute Gasteiger partial charge is 0.181 e. The molecule has 2 aliphatic rings. The standard InChI is InChI=1S/C26H34N2O/c29-26(22-15-7-2-8-16-22)25(28-19-11-4-12-20-28)24(21-13-5-1-6-14-21)27-23-17-9-3-10-18-23/h1-2,5-8,13-16,23-25,27H,3-4,9-12,17-20H2. The number of carbonyl (C=O) groups is 1. The van der Waals surface area contributed by atoms with Crippen LogP contribution in [0.4, 0.5) is 0 Å². The van der Waals surface area contributed by atoms with Crippen molar-refractivity contribution < 1.29 is 4.79 Å². The zero-order valence-electron chi connectivity index (χ0n) is 17.4. The Morgan fingerprint density at radius 3 is 2.03 bits per heavy atom. The van der Waals surface area contributed by atoms with Crippen molar-refractivity contribution in [3.63, 3.8) is 0 Å². The number of nitrogens with zero attached hydrogens (tertiary/aromatic N) is 1. The molecule has 2 aromatic rings. The van der Waals surface area contributed by atoms with Gasteiger partial charge in [0.25, 0.3) is 0 Å². The molecule has 1 heterocycles. The molecule has 2 fully saturated rings. The molecule has 29 heavy (non-hydrogen) atoms. The Morgan fingerprint density at radius 2 is 1.38 bits per heavy atom. The van der Waals surface area contributed by atoms with Gasteiger partial charge in [-0.2, -0.15) is 0 Å². The zero-order valence-corrected chi connectivity index (χ0v) is 17.4. The van der Waals surface area contributed by atoms with Crippen LogP contribution in [-0.2, 0) is 0 Å². The second kappa shape index (κ2) is 10.2. The lowest BCUT2D eigenvalue weighted by Crippen LogP contribution is -2.53. The highest BCUT2D eigenvalue weighted by atomic mass is 16.1. The van der Waals surface area contributed by atoms with Crippen LogP contribution < -0.4 is 5.32 Å². The Labute approximate surface area is 175 Å². The van der Waals surface area contributed by atoms with Gasteiger partial charge in [0.05, 0.1) is 12.1 Å². The summed E-state index contributed by atoms with van der Waals surface area (Å²) in [6, 6.07) is 20.9. The van der Waals surface area contributed by atoms with Gasteiger partial charge in [0.2, 0.25) is 0 Å². The molecule has 154 valence electrons. The molecule has 0 bridgehead atoms. The number of hydrogen-bond acceptors (Lipinski definition) is 3. The molecule has 4 rings (SSSR count). The van der Waals surface area contributed by atoms with Gasteiger partial charge in [-0.15, -0.1) is 0 Å². The van der Waals surface area contributed by atoms with Crippen LogP contribution in [0.1, 0.15) is 73.3 Å². The first-order valence-electron chi connectivity index (χ1n) is 11.5. The summed E-state index contributed by atoms with van der Waals surface area (Å²) in [5, 5.41) is 3.96. The maximum absolute atomic E-state index is 13.8. The van der Waals surface area contributed by atoms with E-state index in [-0.39, 0.29) is 17.9 Å². The van der Waals surface area contributed by atoms with E-state index in [1.807, 2.05) is 30.3 Å². The normalized spacial score (nSPS) is 20.8. The van der Waals surface area contributed by atoms with Gasteiger partial charge in [0.15, 0.2) is 5.78 Å². The van der Waals surface area contributed by atoms with Crippen LogP contribution in [0.15, 0.2) is 60.7 Å². The average Bonchev–Trinajstić information content (AvgIpc) is 2.81. The minimum Gasteiger partial charge on any atom is -0.305 e. The largest absolute Gasteiger partial charge is 0.305 e. The predicted octanol–water partition coefficient (Wildman–Crippen LogP) is 5.39. The fraction of sp³-hybridized carbons (Fsp3) is 0.500. The zero-order chi connectivity index (χ0) is 19.9. The molecule has 1 N–H and O–H groups in total. The summed E-state index contributed by atoms with van der Waals surface area (Å²) in [5.74, 6) is 0.254. The van der Waals surface area contributed by atoms with Crippen molar-refractivity contribution in [2.45, 2.75) is 69.5 Å². The van der Waals surface area contributed by atoms with E-state index in [0.29, 0.717) is 6.04 Å². The summed E-state index contributed by atoms with van der Waals surface area (Å²) in [5.41, 5.74) is 2.06. The van der Waals surface area contributed by atoms with Gasteiger partial charge in [-0.1, -0.05) is 86.3 Å². The summed E-state index contributed by atoms with van der Waals surface area (Å²) < 4.78 is 0. The molecule has 1 aliphatic carbocycles. The van der Waals surface area contributed by atoms with E-state index in [4.69, 9.17) is 0 Å². The number of carbonyl (C=O) groups excluding carboxylic acids is 1. The Bertz CT molecular complexity index is 749. The first kappa shape index (κ1) is 20.3. The van der Waals surface area contributed by atoms with Gasteiger partial charge in [-0.3, -0.25) is 9.69 Å². The molecule has 1 aliphatic heterocycles. The summed E-state index contributed by atoms with van der Waals surface area (Å²) in [6.07, 6.45) is 10.0. The molecule has 0 amide bonds. The van der Waals surface area contributed by atoms with Crippen molar-refractivity contribution >= 4 is 5.78 Å². The Kier molecular flexibility index (Phi) is 7.13. The molecule has 1 saturated carbocycles. The Hall–Kier alpha value is -1.97. The van der Waals surface area contributed by atoms with E-state index in [2.05, 4.69) is 40.5 Å². The maximum atomic E-state index is 13.8. The van der Waals surface area contributed by atoms with Gasteiger partial charge in [0.1, 0.15) is 0 Å². The van der Waals surface area contributed by atoms with Gasteiger partial charge >= 0.3 is 0 Å². The van der Waals surface area contributed by atoms with Crippen LogP contribution in [0.5, 0.6) is 0 Å². The molecule has 0 aromatic heterocycles. The molecule has 2 unspecified atom stereocenters. The van der Waals surface area contributed by atoms with Crippen molar-refractivity contribution in [1.82, 2.24) is 10.2 Å².